The lowest BCUT2D eigenvalue weighted by atomic mass is 9.83. The van der Waals surface area contributed by atoms with Crippen molar-refractivity contribution in [1.82, 2.24) is 10.2 Å². The van der Waals surface area contributed by atoms with Crippen LogP contribution in [0.1, 0.15) is 56.2 Å². The van der Waals surface area contributed by atoms with Crippen LogP contribution in [-0.4, -0.2) is 21.3 Å². The Hall–Kier alpha value is -1.32. The van der Waals surface area contributed by atoms with E-state index in [0.29, 0.717) is 12.3 Å². The fraction of sp³-hybridized carbons (Fsp3) is 0.692. The molecule has 0 spiro atoms. The first-order valence-electron chi connectivity index (χ1n) is 6.43. The zero-order chi connectivity index (χ0) is 12.3. The maximum absolute atomic E-state index is 10.9. The lowest BCUT2D eigenvalue weighted by molar-refractivity contribution is -0.141. The molecule has 0 amide bonds. The minimum Gasteiger partial charge on any atom is -0.481 e. The average Bonchev–Trinajstić information content (AvgIpc) is 2.78. The molecule has 1 aliphatic rings. The van der Waals surface area contributed by atoms with Gasteiger partial charge in [0.2, 0.25) is 0 Å². The third kappa shape index (κ3) is 2.87. The number of hydrogen-bond acceptors (Lipinski definition) is 2. The summed E-state index contributed by atoms with van der Waals surface area (Å²) in [5.41, 5.74) is 2.27. The van der Waals surface area contributed by atoms with E-state index in [0.717, 1.165) is 5.69 Å². The smallest absolute Gasteiger partial charge is 0.306 e. The number of carboxylic acids is 1. The maximum atomic E-state index is 10.9. The van der Waals surface area contributed by atoms with Gasteiger partial charge in [0.1, 0.15) is 0 Å². The van der Waals surface area contributed by atoms with Gasteiger partial charge in [-0.1, -0.05) is 26.2 Å². The molecule has 1 aromatic rings. The predicted octanol–water partition coefficient (Wildman–Crippen LogP) is 2.72. The Morgan fingerprint density at radius 3 is 2.88 bits per heavy atom. The van der Waals surface area contributed by atoms with Crippen LogP contribution in [-0.2, 0) is 11.2 Å². The van der Waals surface area contributed by atoms with E-state index in [4.69, 9.17) is 5.11 Å². The molecular weight excluding hydrogens is 216 g/mol. The molecule has 2 rings (SSSR count). The fourth-order valence-electron chi connectivity index (χ4n) is 2.64. The second kappa shape index (κ2) is 5.34. The molecule has 17 heavy (non-hydrogen) atoms. The summed E-state index contributed by atoms with van der Waals surface area (Å²) in [6.07, 6.45) is 8.77. The van der Waals surface area contributed by atoms with E-state index >= 15 is 0 Å². The largest absolute Gasteiger partial charge is 0.481 e. The van der Waals surface area contributed by atoms with Gasteiger partial charge in [0.25, 0.3) is 0 Å². The summed E-state index contributed by atoms with van der Waals surface area (Å²) < 4.78 is 0. The molecule has 1 unspecified atom stereocenters. The van der Waals surface area contributed by atoms with Gasteiger partial charge < -0.3 is 5.11 Å². The van der Waals surface area contributed by atoms with E-state index in [9.17, 15) is 4.79 Å². The van der Waals surface area contributed by atoms with E-state index in [2.05, 4.69) is 10.2 Å². The maximum Gasteiger partial charge on any atom is 0.306 e. The number of carbonyl (C=O) groups is 1. The topological polar surface area (TPSA) is 66.0 Å². The number of H-pyrrole nitrogens is 1. The number of rotatable bonds is 4. The molecule has 0 aromatic carbocycles. The number of carboxylic acid groups (broad SMARTS) is 1. The van der Waals surface area contributed by atoms with Crippen LogP contribution in [0.2, 0.25) is 0 Å². The molecule has 1 fully saturated rings. The first-order chi connectivity index (χ1) is 8.18. The third-order valence-corrected chi connectivity index (χ3v) is 3.73. The average molecular weight is 236 g/mol. The third-order valence-electron chi connectivity index (χ3n) is 3.73. The Morgan fingerprint density at radius 1 is 1.53 bits per heavy atom. The molecule has 1 aliphatic carbocycles. The minimum atomic E-state index is -0.741. The molecule has 0 radical (unpaired) electrons. The van der Waals surface area contributed by atoms with Crippen molar-refractivity contribution < 1.29 is 9.90 Å². The summed E-state index contributed by atoms with van der Waals surface area (Å²) >= 11 is 0. The molecule has 4 heteroatoms. The molecule has 1 atom stereocenters. The van der Waals surface area contributed by atoms with Crippen LogP contribution in [0.15, 0.2) is 6.20 Å². The highest BCUT2D eigenvalue weighted by Gasteiger charge is 2.22. The Balaban J connectivity index is 2.07. The quantitative estimate of drug-likeness (QED) is 0.844. The van der Waals surface area contributed by atoms with Crippen LogP contribution in [0, 0.1) is 5.92 Å². The lowest BCUT2D eigenvalue weighted by Gasteiger charge is -2.21. The van der Waals surface area contributed by atoms with Crippen LogP contribution >= 0.6 is 0 Å². The summed E-state index contributed by atoms with van der Waals surface area (Å²) in [6.45, 7) is 1.74. The molecule has 4 nitrogen and oxygen atoms in total. The summed E-state index contributed by atoms with van der Waals surface area (Å²) in [5.74, 6) is -0.509. The van der Waals surface area contributed by atoms with Crippen molar-refractivity contribution in [1.29, 1.82) is 0 Å². The molecule has 1 aromatic heterocycles. The molecule has 2 N–H and O–H groups in total. The first-order valence-corrected chi connectivity index (χ1v) is 6.43. The lowest BCUT2D eigenvalue weighted by Crippen LogP contribution is -2.14. The monoisotopic (exact) mass is 236 g/mol. The number of aromatic amines is 1. The van der Waals surface area contributed by atoms with Crippen LogP contribution in [0.3, 0.4) is 0 Å². The normalized spacial score (nSPS) is 19.1. The first kappa shape index (κ1) is 12.1. The fourth-order valence-corrected chi connectivity index (χ4v) is 2.64. The number of aromatic nitrogens is 2. The molecule has 1 saturated carbocycles. The van der Waals surface area contributed by atoms with Gasteiger partial charge in [-0.25, -0.2) is 0 Å². The van der Waals surface area contributed by atoms with Crippen LogP contribution < -0.4 is 0 Å². The van der Waals surface area contributed by atoms with Gasteiger partial charge >= 0.3 is 5.97 Å². The van der Waals surface area contributed by atoms with Crippen molar-refractivity contribution in [3.05, 3.63) is 17.5 Å². The molecule has 1 heterocycles. The summed E-state index contributed by atoms with van der Waals surface area (Å²) in [7, 11) is 0. The second-order valence-electron chi connectivity index (χ2n) is 5.08. The zero-order valence-corrected chi connectivity index (χ0v) is 10.3. The Bertz CT molecular complexity index is 381. The Labute approximate surface area is 101 Å². The summed E-state index contributed by atoms with van der Waals surface area (Å²) in [6, 6.07) is 0. The Kier molecular flexibility index (Phi) is 3.82. The van der Waals surface area contributed by atoms with Gasteiger partial charge in [-0.3, -0.25) is 9.89 Å². The van der Waals surface area contributed by atoms with Gasteiger partial charge in [0.15, 0.2) is 0 Å². The SMILES string of the molecule is CC(Cc1[nH]ncc1C1CCCCC1)C(=O)O. The Morgan fingerprint density at radius 2 is 2.24 bits per heavy atom. The standard InChI is InChI=1S/C13H20N2O2/c1-9(13(16)17)7-12-11(8-14-15-12)10-5-3-2-4-6-10/h8-10H,2-7H2,1H3,(H,14,15)(H,16,17). The number of aliphatic carboxylic acids is 1. The van der Waals surface area contributed by atoms with Gasteiger partial charge in [-0.05, 0) is 24.3 Å². The van der Waals surface area contributed by atoms with Gasteiger partial charge in [0, 0.05) is 12.1 Å². The number of nitrogens with one attached hydrogen (secondary N) is 1. The van der Waals surface area contributed by atoms with Crippen molar-refractivity contribution in [2.45, 2.75) is 51.4 Å². The van der Waals surface area contributed by atoms with E-state index in [-0.39, 0.29) is 5.92 Å². The van der Waals surface area contributed by atoms with Crippen LogP contribution in [0.4, 0.5) is 0 Å². The van der Waals surface area contributed by atoms with Crippen LogP contribution in [0.5, 0.6) is 0 Å². The van der Waals surface area contributed by atoms with Crippen molar-refractivity contribution in [2.24, 2.45) is 5.92 Å². The van der Waals surface area contributed by atoms with Gasteiger partial charge in [-0.2, -0.15) is 5.10 Å². The highest BCUT2D eigenvalue weighted by molar-refractivity contribution is 5.69. The van der Waals surface area contributed by atoms with Crippen molar-refractivity contribution in [3.63, 3.8) is 0 Å². The minimum absolute atomic E-state index is 0.349. The molecule has 0 aliphatic heterocycles. The van der Waals surface area contributed by atoms with E-state index in [1.165, 1.54) is 37.7 Å². The van der Waals surface area contributed by atoms with Crippen molar-refractivity contribution in [3.8, 4) is 0 Å². The van der Waals surface area contributed by atoms with E-state index < -0.39 is 5.97 Å². The summed E-state index contributed by atoms with van der Waals surface area (Å²) in [5, 5.41) is 16.0. The number of nitrogens with zero attached hydrogens (tertiary/aromatic N) is 1. The number of hydrogen-bond donors (Lipinski definition) is 2. The van der Waals surface area contributed by atoms with Crippen molar-refractivity contribution >= 4 is 5.97 Å². The van der Waals surface area contributed by atoms with E-state index in [1.54, 1.807) is 6.92 Å². The molecule has 94 valence electrons. The summed E-state index contributed by atoms with van der Waals surface area (Å²) in [4.78, 5) is 10.9. The molecular formula is C13H20N2O2. The van der Waals surface area contributed by atoms with Gasteiger partial charge in [-0.15, -0.1) is 0 Å². The van der Waals surface area contributed by atoms with Gasteiger partial charge in [0.05, 0.1) is 12.1 Å². The molecule has 0 saturated heterocycles. The van der Waals surface area contributed by atoms with Crippen LogP contribution in [0.25, 0.3) is 0 Å². The van der Waals surface area contributed by atoms with Crippen molar-refractivity contribution in [2.75, 3.05) is 0 Å². The second-order valence-corrected chi connectivity index (χ2v) is 5.08. The highest BCUT2D eigenvalue weighted by atomic mass is 16.4. The van der Waals surface area contributed by atoms with E-state index in [1.807, 2.05) is 6.20 Å². The highest BCUT2D eigenvalue weighted by Crippen LogP contribution is 2.34. The zero-order valence-electron chi connectivity index (χ0n) is 10.3. The predicted molar refractivity (Wildman–Crippen MR) is 64.9 cm³/mol. The molecule has 0 bridgehead atoms.